The molecule has 176 valence electrons. The van der Waals surface area contributed by atoms with Crippen LogP contribution in [-0.2, 0) is 14.3 Å². The van der Waals surface area contributed by atoms with Crippen molar-refractivity contribution in [2.75, 3.05) is 19.8 Å². The number of benzene rings is 2. The van der Waals surface area contributed by atoms with Crippen LogP contribution in [0, 0.1) is 5.92 Å². The summed E-state index contributed by atoms with van der Waals surface area (Å²) in [6, 6.07) is 14.5. The van der Waals surface area contributed by atoms with Crippen molar-refractivity contribution in [3.63, 3.8) is 0 Å². The summed E-state index contributed by atoms with van der Waals surface area (Å²) in [7, 11) is 0. The highest BCUT2D eigenvalue weighted by Crippen LogP contribution is 2.30. The van der Waals surface area contributed by atoms with Crippen molar-refractivity contribution in [3.8, 4) is 11.1 Å². The number of ketones is 1. The van der Waals surface area contributed by atoms with Crippen LogP contribution in [-0.4, -0.2) is 65.3 Å². The summed E-state index contributed by atoms with van der Waals surface area (Å²) in [5.74, 6) is -1.53. The molecule has 33 heavy (non-hydrogen) atoms. The highest BCUT2D eigenvalue weighted by Gasteiger charge is 2.54. The molecule has 0 spiro atoms. The van der Waals surface area contributed by atoms with E-state index < -0.39 is 48.5 Å². The van der Waals surface area contributed by atoms with Crippen molar-refractivity contribution in [2.24, 2.45) is 5.92 Å². The largest absolute Gasteiger partial charge is 0.394 e. The third-order valence-electron chi connectivity index (χ3n) is 5.60. The summed E-state index contributed by atoms with van der Waals surface area (Å²) in [5.41, 5.74) is 1.02. The SMILES string of the molecule is CC(C)CC(NC(=O)C(CO)NC(=O)c1ccc(-c2ccccc2)cc1)C(=O)C1(CO)CO1. The Balaban J connectivity index is 1.65. The van der Waals surface area contributed by atoms with E-state index in [1.54, 1.807) is 24.3 Å². The van der Waals surface area contributed by atoms with Crippen LogP contribution in [0.15, 0.2) is 54.6 Å². The number of epoxide rings is 1. The Kier molecular flexibility index (Phi) is 7.97. The van der Waals surface area contributed by atoms with E-state index in [4.69, 9.17) is 4.74 Å². The van der Waals surface area contributed by atoms with Crippen molar-refractivity contribution >= 4 is 17.6 Å². The fraction of sp³-hybridized carbons (Fsp3) is 0.400. The molecule has 0 saturated carbocycles. The summed E-state index contributed by atoms with van der Waals surface area (Å²) in [5, 5.41) is 24.3. The Labute approximate surface area is 193 Å². The average Bonchev–Trinajstić information content (AvgIpc) is 3.63. The van der Waals surface area contributed by atoms with E-state index in [0.29, 0.717) is 12.0 Å². The first-order chi connectivity index (χ1) is 15.8. The zero-order valence-corrected chi connectivity index (χ0v) is 18.8. The molecule has 1 heterocycles. The number of Topliss-reactive ketones (excluding diaryl/α,β-unsaturated/α-hetero) is 1. The molecule has 0 aromatic heterocycles. The molecule has 3 atom stereocenters. The van der Waals surface area contributed by atoms with Gasteiger partial charge in [0.1, 0.15) is 6.04 Å². The molecule has 1 saturated heterocycles. The minimum absolute atomic E-state index is 0.0824. The minimum atomic E-state index is -1.27. The normalized spacial score (nSPS) is 18.9. The highest BCUT2D eigenvalue weighted by molar-refractivity contribution is 6.00. The molecular weight excluding hydrogens is 424 g/mol. The lowest BCUT2D eigenvalue weighted by molar-refractivity contribution is -0.133. The number of hydrogen-bond acceptors (Lipinski definition) is 6. The Morgan fingerprint density at radius 2 is 1.55 bits per heavy atom. The van der Waals surface area contributed by atoms with E-state index in [2.05, 4.69) is 10.6 Å². The number of carbonyl (C=O) groups excluding carboxylic acids is 3. The molecule has 0 bridgehead atoms. The van der Waals surface area contributed by atoms with Crippen LogP contribution in [0.4, 0.5) is 0 Å². The van der Waals surface area contributed by atoms with Crippen molar-refractivity contribution < 1.29 is 29.3 Å². The van der Waals surface area contributed by atoms with Crippen molar-refractivity contribution in [3.05, 3.63) is 60.2 Å². The fourth-order valence-corrected chi connectivity index (χ4v) is 3.57. The average molecular weight is 455 g/mol. The van der Waals surface area contributed by atoms with Gasteiger partial charge in [0, 0.05) is 5.56 Å². The molecule has 0 radical (unpaired) electrons. The second-order valence-corrected chi connectivity index (χ2v) is 8.65. The van der Waals surface area contributed by atoms with Gasteiger partial charge in [0.25, 0.3) is 5.91 Å². The molecule has 4 N–H and O–H groups in total. The fourth-order valence-electron chi connectivity index (χ4n) is 3.57. The molecule has 0 aliphatic carbocycles. The van der Waals surface area contributed by atoms with Gasteiger partial charge in [-0.2, -0.15) is 0 Å². The maximum atomic E-state index is 12.8. The summed E-state index contributed by atoms with van der Waals surface area (Å²) in [6.07, 6.45) is 0.336. The number of amides is 2. The third-order valence-corrected chi connectivity index (χ3v) is 5.60. The van der Waals surface area contributed by atoms with Crippen LogP contribution in [0.25, 0.3) is 11.1 Å². The minimum Gasteiger partial charge on any atom is -0.394 e. The first-order valence-electron chi connectivity index (χ1n) is 11.0. The molecule has 1 fully saturated rings. The first kappa shape index (κ1) is 24.6. The number of nitrogens with one attached hydrogen (secondary N) is 2. The van der Waals surface area contributed by atoms with Crippen LogP contribution < -0.4 is 10.6 Å². The van der Waals surface area contributed by atoms with Gasteiger partial charge in [-0.05, 0) is 35.6 Å². The Hall–Kier alpha value is -3.07. The van der Waals surface area contributed by atoms with E-state index in [9.17, 15) is 24.6 Å². The zero-order chi connectivity index (χ0) is 24.0. The van der Waals surface area contributed by atoms with Gasteiger partial charge in [-0.15, -0.1) is 0 Å². The Bertz CT molecular complexity index is 970. The van der Waals surface area contributed by atoms with Gasteiger partial charge in [-0.1, -0.05) is 56.3 Å². The van der Waals surface area contributed by atoms with Gasteiger partial charge >= 0.3 is 0 Å². The topological polar surface area (TPSA) is 128 Å². The molecular formula is C25H30N2O6. The van der Waals surface area contributed by atoms with E-state index in [0.717, 1.165) is 11.1 Å². The van der Waals surface area contributed by atoms with Gasteiger partial charge in [0.2, 0.25) is 5.91 Å². The van der Waals surface area contributed by atoms with E-state index >= 15 is 0 Å². The van der Waals surface area contributed by atoms with Crippen LogP contribution in [0.2, 0.25) is 0 Å². The maximum absolute atomic E-state index is 12.8. The molecule has 3 unspecified atom stereocenters. The molecule has 2 aromatic carbocycles. The molecule has 1 aliphatic heterocycles. The van der Waals surface area contributed by atoms with Crippen LogP contribution in [0.3, 0.4) is 0 Å². The molecule has 3 rings (SSSR count). The summed E-state index contributed by atoms with van der Waals surface area (Å²) < 4.78 is 5.13. The smallest absolute Gasteiger partial charge is 0.251 e. The number of carbonyl (C=O) groups is 3. The number of aliphatic hydroxyl groups excluding tert-OH is 2. The van der Waals surface area contributed by atoms with Gasteiger partial charge in [0.15, 0.2) is 11.4 Å². The lowest BCUT2D eigenvalue weighted by Crippen LogP contribution is -2.55. The number of rotatable bonds is 11. The summed E-state index contributed by atoms with van der Waals surface area (Å²) >= 11 is 0. The maximum Gasteiger partial charge on any atom is 0.251 e. The van der Waals surface area contributed by atoms with Crippen molar-refractivity contribution in [2.45, 2.75) is 38.0 Å². The number of ether oxygens (including phenoxy) is 1. The van der Waals surface area contributed by atoms with E-state index in [1.165, 1.54) is 0 Å². The standard InChI is InChI=1S/C25H30N2O6/c1-16(2)12-20(22(30)25(14-29)15-33-25)26-24(32)21(13-28)27-23(31)19-10-8-18(9-11-19)17-6-4-3-5-7-17/h3-11,16,20-21,28-29H,12-15H2,1-2H3,(H,26,32)(H,27,31). The van der Waals surface area contributed by atoms with E-state index in [1.807, 2.05) is 44.2 Å². The predicted octanol–water partition coefficient (Wildman–Crippen LogP) is 1.31. The monoisotopic (exact) mass is 454 g/mol. The molecule has 1 aliphatic rings. The Morgan fingerprint density at radius 1 is 0.939 bits per heavy atom. The van der Waals surface area contributed by atoms with E-state index in [-0.39, 0.29) is 12.5 Å². The molecule has 8 heteroatoms. The van der Waals surface area contributed by atoms with Gasteiger partial charge in [-0.25, -0.2) is 0 Å². The Morgan fingerprint density at radius 3 is 2.06 bits per heavy atom. The quantitative estimate of drug-likeness (QED) is 0.379. The highest BCUT2D eigenvalue weighted by atomic mass is 16.6. The summed E-state index contributed by atoms with van der Waals surface area (Å²) in [6.45, 7) is 2.80. The van der Waals surface area contributed by atoms with Crippen molar-refractivity contribution in [1.29, 1.82) is 0 Å². The number of hydrogen-bond donors (Lipinski definition) is 4. The number of aliphatic hydroxyl groups is 2. The summed E-state index contributed by atoms with van der Waals surface area (Å²) in [4.78, 5) is 38.2. The van der Waals surface area contributed by atoms with Crippen molar-refractivity contribution in [1.82, 2.24) is 10.6 Å². The van der Waals surface area contributed by atoms with Crippen LogP contribution in [0.5, 0.6) is 0 Å². The lowest BCUT2D eigenvalue weighted by atomic mass is 9.92. The molecule has 2 aromatic rings. The lowest BCUT2D eigenvalue weighted by Gasteiger charge is -2.24. The van der Waals surface area contributed by atoms with Gasteiger partial charge < -0.3 is 25.6 Å². The van der Waals surface area contributed by atoms with Crippen LogP contribution in [0.1, 0.15) is 30.6 Å². The molecule has 2 amide bonds. The van der Waals surface area contributed by atoms with Crippen LogP contribution >= 0.6 is 0 Å². The third kappa shape index (κ3) is 6.04. The second kappa shape index (κ2) is 10.7. The first-order valence-corrected chi connectivity index (χ1v) is 11.0. The second-order valence-electron chi connectivity index (χ2n) is 8.65. The predicted molar refractivity (Wildman–Crippen MR) is 122 cm³/mol. The molecule has 8 nitrogen and oxygen atoms in total. The van der Waals surface area contributed by atoms with Gasteiger partial charge in [0.05, 0.1) is 25.9 Å². The zero-order valence-electron chi connectivity index (χ0n) is 18.8. The van der Waals surface area contributed by atoms with Gasteiger partial charge in [-0.3, -0.25) is 14.4 Å².